The van der Waals surface area contributed by atoms with Gasteiger partial charge in [0.25, 0.3) is 0 Å². The molecule has 0 fully saturated rings. The zero-order chi connectivity index (χ0) is 36.5. The largest absolute Gasteiger partial charge is 0.396 e. The lowest BCUT2D eigenvalue weighted by Gasteiger charge is -2.26. The minimum atomic E-state index is -0.295. The Morgan fingerprint density at radius 3 is 0.615 bits per heavy atom. The molecule has 0 saturated heterocycles. The van der Waals surface area contributed by atoms with E-state index in [4.69, 9.17) is 0 Å². The first kappa shape index (κ1) is 36.7. The van der Waals surface area contributed by atoms with Crippen molar-refractivity contribution in [2.75, 3.05) is 44.5 Å². The third-order valence-corrected chi connectivity index (χ3v) is 9.85. The lowest BCUT2D eigenvalue weighted by molar-refractivity contribution is 0.192. The van der Waals surface area contributed by atoms with Gasteiger partial charge < -0.3 is 35.5 Å². The summed E-state index contributed by atoms with van der Waals surface area (Å²) in [7, 11) is 0. The molecule has 0 radical (unpaired) electrons. The van der Waals surface area contributed by atoms with E-state index in [9.17, 15) is 30.6 Å². The van der Waals surface area contributed by atoms with Crippen LogP contribution in [-0.2, 0) is 0 Å². The first-order chi connectivity index (χ1) is 25.5. The van der Waals surface area contributed by atoms with Crippen molar-refractivity contribution in [3.63, 3.8) is 0 Å². The lowest BCUT2D eigenvalue weighted by atomic mass is 9.96. The number of aliphatic hydroxyl groups is 6. The fraction of sp³-hybridized carbons (Fsp3) is 0.200. The summed E-state index contributed by atoms with van der Waals surface area (Å²) < 4.78 is 0. The molecule has 7 nitrogen and oxygen atoms in total. The summed E-state index contributed by atoms with van der Waals surface area (Å²) in [4.78, 5) is 2.21. The quantitative estimate of drug-likeness (QED) is 0.0664. The van der Waals surface area contributed by atoms with Crippen LogP contribution < -0.4 is 4.90 Å². The molecule has 6 aromatic carbocycles. The van der Waals surface area contributed by atoms with Crippen LogP contribution in [0.1, 0.15) is 34.4 Å². The molecule has 6 aromatic rings. The Hall–Kier alpha value is -5.12. The second-order valence-electron chi connectivity index (χ2n) is 13.0. The molecule has 0 bridgehead atoms. The number of hydrogen-bond acceptors (Lipinski definition) is 7. The molecule has 266 valence electrons. The van der Waals surface area contributed by atoms with Crippen LogP contribution in [0.25, 0.3) is 33.4 Å². The Kier molecular flexibility index (Phi) is 12.3. The van der Waals surface area contributed by atoms with Gasteiger partial charge in [0.05, 0.1) is 39.6 Å². The molecule has 0 aliphatic rings. The predicted octanol–water partition coefficient (Wildman–Crippen LogP) is 7.36. The molecule has 6 rings (SSSR count). The number of benzene rings is 6. The molecule has 0 atom stereocenters. The van der Waals surface area contributed by atoms with Crippen LogP contribution in [-0.4, -0.2) is 70.3 Å². The van der Waals surface area contributed by atoms with Crippen molar-refractivity contribution in [3.8, 4) is 33.4 Å². The van der Waals surface area contributed by atoms with E-state index in [1.807, 2.05) is 72.8 Å². The van der Waals surface area contributed by atoms with Crippen LogP contribution in [0.5, 0.6) is 0 Å². The van der Waals surface area contributed by atoms with Crippen LogP contribution in [0.4, 0.5) is 17.1 Å². The maximum Gasteiger partial charge on any atom is 0.0521 e. The molecular weight excluding hydrogens is 650 g/mol. The molecular formula is C45H45NO6. The highest BCUT2D eigenvalue weighted by Crippen LogP contribution is 2.38. The highest BCUT2D eigenvalue weighted by Gasteiger charge is 2.16. The summed E-state index contributed by atoms with van der Waals surface area (Å²) in [5.41, 5.74) is 11.9. The Morgan fingerprint density at radius 2 is 0.442 bits per heavy atom. The normalized spacial score (nSPS) is 11.5. The summed E-state index contributed by atoms with van der Waals surface area (Å²) in [5.74, 6) is -0.885. The van der Waals surface area contributed by atoms with Gasteiger partial charge in [-0.2, -0.15) is 0 Å². The molecule has 0 saturated carbocycles. The summed E-state index contributed by atoms with van der Waals surface area (Å²) in [6.45, 7) is -0.629. The van der Waals surface area contributed by atoms with Crippen molar-refractivity contribution in [2.24, 2.45) is 0 Å². The number of hydrogen-bond donors (Lipinski definition) is 6. The standard InChI is InChI=1S/C45H45NO6/c47-25-40(26-48)37-7-1-31(2-8-37)34-13-19-43(20-14-34)46(44-21-15-35(16-22-44)32-3-9-38(10-4-32)41(27-49)28-50)45-23-17-36(18-24-45)33-5-11-39(12-6-33)42(29-51)30-52/h1-24,40-42,47-52H,25-30H2. The Morgan fingerprint density at radius 1 is 0.269 bits per heavy atom. The van der Waals surface area contributed by atoms with Gasteiger partial charge in [-0.05, 0) is 86.5 Å². The zero-order valence-electron chi connectivity index (χ0n) is 29.0. The van der Waals surface area contributed by atoms with Crippen molar-refractivity contribution >= 4 is 17.1 Å². The van der Waals surface area contributed by atoms with Crippen molar-refractivity contribution in [3.05, 3.63) is 162 Å². The molecule has 0 aliphatic heterocycles. The van der Waals surface area contributed by atoms with E-state index in [1.54, 1.807) is 0 Å². The summed E-state index contributed by atoms with van der Waals surface area (Å²) in [5, 5.41) is 57.5. The number of nitrogens with zero attached hydrogens (tertiary/aromatic N) is 1. The molecule has 0 unspecified atom stereocenters. The first-order valence-electron chi connectivity index (χ1n) is 17.6. The lowest BCUT2D eigenvalue weighted by Crippen LogP contribution is -2.10. The SMILES string of the molecule is OCC(CO)c1ccc(-c2ccc(N(c3ccc(-c4ccc(C(CO)CO)cc4)cc3)c3ccc(-c4ccc(C(CO)CO)cc4)cc3)cc2)cc1. The molecule has 0 aliphatic carbocycles. The van der Waals surface area contributed by atoms with Gasteiger partial charge in [-0.1, -0.05) is 109 Å². The fourth-order valence-corrected chi connectivity index (χ4v) is 6.50. The number of anilines is 3. The fourth-order valence-electron chi connectivity index (χ4n) is 6.50. The van der Waals surface area contributed by atoms with E-state index in [2.05, 4.69) is 77.7 Å². The van der Waals surface area contributed by atoms with Gasteiger partial charge in [0, 0.05) is 34.8 Å². The second kappa shape index (κ2) is 17.4. The second-order valence-corrected chi connectivity index (χ2v) is 13.0. The summed E-state index contributed by atoms with van der Waals surface area (Å²) in [6, 6.07) is 48.9. The van der Waals surface area contributed by atoms with Crippen LogP contribution in [0.3, 0.4) is 0 Å². The smallest absolute Gasteiger partial charge is 0.0521 e. The van der Waals surface area contributed by atoms with Gasteiger partial charge in [0.1, 0.15) is 0 Å². The minimum Gasteiger partial charge on any atom is -0.396 e. The molecule has 0 spiro atoms. The monoisotopic (exact) mass is 695 g/mol. The summed E-state index contributed by atoms with van der Waals surface area (Å²) >= 11 is 0. The van der Waals surface area contributed by atoms with Crippen LogP contribution >= 0.6 is 0 Å². The first-order valence-corrected chi connectivity index (χ1v) is 17.6. The third kappa shape index (κ3) is 8.16. The Labute approximate surface area is 305 Å². The number of rotatable bonds is 15. The van der Waals surface area contributed by atoms with E-state index in [0.717, 1.165) is 67.1 Å². The predicted molar refractivity (Wildman–Crippen MR) is 208 cm³/mol. The van der Waals surface area contributed by atoms with Gasteiger partial charge in [0.15, 0.2) is 0 Å². The minimum absolute atomic E-state index is 0.105. The average molecular weight is 696 g/mol. The van der Waals surface area contributed by atoms with Crippen molar-refractivity contribution in [2.45, 2.75) is 17.8 Å². The van der Waals surface area contributed by atoms with E-state index in [0.29, 0.717) is 0 Å². The molecule has 7 heteroatoms. The third-order valence-electron chi connectivity index (χ3n) is 9.85. The Balaban J connectivity index is 1.31. The topological polar surface area (TPSA) is 125 Å². The summed E-state index contributed by atoms with van der Waals surface area (Å²) in [6.07, 6.45) is 0. The molecule has 0 heterocycles. The highest BCUT2D eigenvalue weighted by molar-refractivity contribution is 5.81. The van der Waals surface area contributed by atoms with Crippen LogP contribution in [0, 0.1) is 0 Å². The Bertz CT molecular complexity index is 1730. The van der Waals surface area contributed by atoms with Crippen molar-refractivity contribution in [1.82, 2.24) is 0 Å². The average Bonchev–Trinajstić information content (AvgIpc) is 3.21. The zero-order valence-corrected chi connectivity index (χ0v) is 29.0. The van der Waals surface area contributed by atoms with E-state index >= 15 is 0 Å². The van der Waals surface area contributed by atoms with Gasteiger partial charge in [-0.25, -0.2) is 0 Å². The maximum absolute atomic E-state index is 9.58. The molecule has 52 heavy (non-hydrogen) atoms. The highest BCUT2D eigenvalue weighted by atomic mass is 16.3. The van der Waals surface area contributed by atoms with Crippen LogP contribution in [0.15, 0.2) is 146 Å². The van der Waals surface area contributed by atoms with Gasteiger partial charge >= 0.3 is 0 Å². The van der Waals surface area contributed by atoms with E-state index < -0.39 is 0 Å². The van der Waals surface area contributed by atoms with Gasteiger partial charge in [-0.3, -0.25) is 0 Å². The number of aliphatic hydroxyl groups excluding tert-OH is 6. The molecule has 0 aromatic heterocycles. The van der Waals surface area contributed by atoms with E-state index in [-0.39, 0.29) is 57.4 Å². The van der Waals surface area contributed by atoms with Crippen molar-refractivity contribution < 1.29 is 30.6 Å². The van der Waals surface area contributed by atoms with Crippen LogP contribution in [0.2, 0.25) is 0 Å². The van der Waals surface area contributed by atoms with Crippen molar-refractivity contribution in [1.29, 1.82) is 0 Å². The maximum atomic E-state index is 9.58. The van der Waals surface area contributed by atoms with Gasteiger partial charge in [-0.15, -0.1) is 0 Å². The molecule has 6 N–H and O–H groups in total. The molecule has 0 amide bonds. The van der Waals surface area contributed by atoms with E-state index in [1.165, 1.54) is 0 Å². The van der Waals surface area contributed by atoms with Gasteiger partial charge in [0.2, 0.25) is 0 Å².